The van der Waals surface area contributed by atoms with Gasteiger partial charge < -0.3 is 9.32 Å². The van der Waals surface area contributed by atoms with Crippen LogP contribution in [0.15, 0.2) is 34.9 Å². The maximum Gasteiger partial charge on any atom is 0.236 e. The van der Waals surface area contributed by atoms with Gasteiger partial charge in [0.1, 0.15) is 11.8 Å². The van der Waals surface area contributed by atoms with Crippen molar-refractivity contribution >= 4 is 35.2 Å². The number of anilines is 1. The van der Waals surface area contributed by atoms with E-state index in [0.717, 1.165) is 16.7 Å². The standard InChI is InChI=1S/C11H11NO2S/c1-12(11(13)7-15)9-6-14-10-5-3-2-4-8(9)10/h2-6,15H,7H2,1H3. The number of furan rings is 1. The SMILES string of the molecule is CN(C(=O)CS)c1coc2ccccc12. The van der Waals surface area contributed by atoms with E-state index in [9.17, 15) is 4.79 Å². The summed E-state index contributed by atoms with van der Waals surface area (Å²) in [6.07, 6.45) is 1.59. The van der Waals surface area contributed by atoms with E-state index in [4.69, 9.17) is 4.42 Å². The number of nitrogens with zero attached hydrogens (tertiary/aromatic N) is 1. The Kier molecular flexibility index (Phi) is 2.68. The van der Waals surface area contributed by atoms with Crippen LogP contribution in [0, 0.1) is 0 Å². The molecule has 1 heterocycles. The average Bonchev–Trinajstić information content (AvgIpc) is 2.70. The molecule has 0 saturated heterocycles. The lowest BCUT2D eigenvalue weighted by atomic mass is 10.2. The van der Waals surface area contributed by atoms with Crippen molar-refractivity contribution in [2.24, 2.45) is 0 Å². The number of carbonyl (C=O) groups is 1. The lowest BCUT2D eigenvalue weighted by molar-refractivity contribution is -0.115. The molecule has 0 unspecified atom stereocenters. The molecule has 0 N–H and O–H groups in total. The summed E-state index contributed by atoms with van der Waals surface area (Å²) in [6, 6.07) is 7.62. The van der Waals surface area contributed by atoms with Gasteiger partial charge in [0.25, 0.3) is 0 Å². The molecule has 1 aromatic heterocycles. The Labute approximate surface area is 93.1 Å². The van der Waals surface area contributed by atoms with Crippen LogP contribution < -0.4 is 4.90 Å². The summed E-state index contributed by atoms with van der Waals surface area (Å²) < 4.78 is 5.35. The molecule has 0 saturated carbocycles. The number of hydrogen-bond donors (Lipinski definition) is 1. The molecule has 4 heteroatoms. The van der Waals surface area contributed by atoms with Gasteiger partial charge in [0, 0.05) is 12.4 Å². The normalized spacial score (nSPS) is 10.5. The van der Waals surface area contributed by atoms with Crippen molar-refractivity contribution in [3.8, 4) is 0 Å². The highest BCUT2D eigenvalue weighted by atomic mass is 32.1. The molecule has 1 aromatic carbocycles. The fourth-order valence-corrected chi connectivity index (χ4v) is 1.68. The van der Waals surface area contributed by atoms with Crippen LogP contribution in [0.5, 0.6) is 0 Å². The largest absolute Gasteiger partial charge is 0.462 e. The Bertz CT molecular complexity index is 492. The molecule has 0 radical (unpaired) electrons. The smallest absolute Gasteiger partial charge is 0.236 e. The summed E-state index contributed by atoms with van der Waals surface area (Å²) in [5.41, 5.74) is 1.57. The zero-order valence-corrected chi connectivity index (χ0v) is 9.20. The van der Waals surface area contributed by atoms with E-state index in [-0.39, 0.29) is 11.7 Å². The van der Waals surface area contributed by atoms with Gasteiger partial charge in [-0.1, -0.05) is 12.1 Å². The van der Waals surface area contributed by atoms with Gasteiger partial charge in [0.2, 0.25) is 5.91 Å². The summed E-state index contributed by atoms with van der Waals surface area (Å²) in [4.78, 5) is 13.0. The number of carbonyl (C=O) groups excluding carboxylic acids is 1. The molecule has 0 aliphatic heterocycles. The molecule has 0 fully saturated rings. The lowest BCUT2D eigenvalue weighted by Gasteiger charge is -2.13. The van der Waals surface area contributed by atoms with Crippen LogP contribution in [-0.4, -0.2) is 18.7 Å². The predicted octanol–water partition coefficient (Wildman–Crippen LogP) is 2.33. The first-order chi connectivity index (χ1) is 7.24. The van der Waals surface area contributed by atoms with Gasteiger partial charge in [-0.25, -0.2) is 0 Å². The van der Waals surface area contributed by atoms with Crippen molar-refractivity contribution < 1.29 is 9.21 Å². The average molecular weight is 221 g/mol. The van der Waals surface area contributed by atoms with Crippen molar-refractivity contribution in [3.63, 3.8) is 0 Å². The summed E-state index contributed by atoms with van der Waals surface area (Å²) >= 11 is 3.96. The van der Waals surface area contributed by atoms with Crippen molar-refractivity contribution in [2.75, 3.05) is 17.7 Å². The third-order valence-corrected chi connectivity index (χ3v) is 2.60. The van der Waals surface area contributed by atoms with E-state index in [0.29, 0.717) is 0 Å². The van der Waals surface area contributed by atoms with Gasteiger partial charge in [-0.2, -0.15) is 12.6 Å². The summed E-state index contributed by atoms with van der Waals surface area (Å²) in [5, 5.41) is 0.940. The predicted molar refractivity (Wildman–Crippen MR) is 63.5 cm³/mol. The monoisotopic (exact) mass is 221 g/mol. The van der Waals surface area contributed by atoms with E-state index in [2.05, 4.69) is 12.6 Å². The van der Waals surface area contributed by atoms with Crippen LogP contribution in [0.4, 0.5) is 5.69 Å². The van der Waals surface area contributed by atoms with Gasteiger partial charge in [0.15, 0.2) is 0 Å². The fraction of sp³-hybridized carbons (Fsp3) is 0.182. The number of fused-ring (bicyclic) bond motifs is 1. The Morgan fingerprint density at radius 2 is 2.20 bits per heavy atom. The van der Waals surface area contributed by atoms with Crippen LogP contribution in [-0.2, 0) is 4.79 Å². The van der Waals surface area contributed by atoms with Crippen LogP contribution >= 0.6 is 12.6 Å². The maximum atomic E-state index is 11.5. The topological polar surface area (TPSA) is 33.5 Å². The van der Waals surface area contributed by atoms with Gasteiger partial charge in [0.05, 0.1) is 11.4 Å². The van der Waals surface area contributed by atoms with Crippen LogP contribution in [0.2, 0.25) is 0 Å². The zero-order valence-electron chi connectivity index (χ0n) is 8.30. The van der Waals surface area contributed by atoms with E-state index >= 15 is 0 Å². The number of rotatable bonds is 2. The van der Waals surface area contributed by atoms with E-state index in [1.807, 2.05) is 24.3 Å². The third kappa shape index (κ3) is 1.72. The number of amides is 1. The highest BCUT2D eigenvalue weighted by molar-refractivity contribution is 7.81. The Balaban J connectivity index is 2.48. The Morgan fingerprint density at radius 1 is 1.47 bits per heavy atom. The molecular weight excluding hydrogens is 210 g/mol. The molecule has 15 heavy (non-hydrogen) atoms. The number of para-hydroxylation sites is 1. The third-order valence-electron chi connectivity index (χ3n) is 2.33. The van der Waals surface area contributed by atoms with Crippen molar-refractivity contribution in [1.82, 2.24) is 0 Å². The Morgan fingerprint density at radius 3 is 2.93 bits per heavy atom. The molecule has 0 bridgehead atoms. The molecule has 2 rings (SSSR count). The molecule has 0 spiro atoms. The molecule has 3 nitrogen and oxygen atoms in total. The second-order valence-electron chi connectivity index (χ2n) is 3.23. The van der Waals surface area contributed by atoms with Gasteiger partial charge in [-0.05, 0) is 12.1 Å². The number of thiol groups is 1. The fourth-order valence-electron chi connectivity index (χ4n) is 1.46. The van der Waals surface area contributed by atoms with Gasteiger partial charge >= 0.3 is 0 Å². The molecular formula is C11H11NO2S. The molecule has 1 amide bonds. The van der Waals surface area contributed by atoms with E-state index < -0.39 is 0 Å². The van der Waals surface area contributed by atoms with E-state index in [1.165, 1.54) is 0 Å². The van der Waals surface area contributed by atoms with E-state index in [1.54, 1.807) is 18.2 Å². The number of hydrogen-bond acceptors (Lipinski definition) is 3. The second-order valence-corrected chi connectivity index (χ2v) is 3.54. The van der Waals surface area contributed by atoms with Crippen LogP contribution in [0.3, 0.4) is 0 Å². The summed E-state index contributed by atoms with van der Waals surface area (Å²) in [6.45, 7) is 0. The lowest BCUT2D eigenvalue weighted by Crippen LogP contribution is -2.26. The highest BCUT2D eigenvalue weighted by Crippen LogP contribution is 2.28. The highest BCUT2D eigenvalue weighted by Gasteiger charge is 2.14. The summed E-state index contributed by atoms with van der Waals surface area (Å²) in [5.74, 6) is 0.139. The second kappa shape index (κ2) is 3.98. The van der Waals surface area contributed by atoms with Crippen molar-refractivity contribution in [2.45, 2.75) is 0 Å². The van der Waals surface area contributed by atoms with Gasteiger partial charge in [-0.15, -0.1) is 0 Å². The van der Waals surface area contributed by atoms with Gasteiger partial charge in [-0.3, -0.25) is 4.79 Å². The zero-order chi connectivity index (χ0) is 10.8. The van der Waals surface area contributed by atoms with Crippen LogP contribution in [0.25, 0.3) is 11.0 Å². The minimum absolute atomic E-state index is 0.0510. The first-order valence-corrected chi connectivity index (χ1v) is 5.21. The Hall–Kier alpha value is -1.42. The maximum absolute atomic E-state index is 11.5. The summed E-state index contributed by atoms with van der Waals surface area (Å²) in [7, 11) is 1.72. The molecule has 78 valence electrons. The minimum atomic E-state index is -0.0510. The molecule has 2 aromatic rings. The first-order valence-electron chi connectivity index (χ1n) is 4.57. The van der Waals surface area contributed by atoms with Crippen LogP contribution in [0.1, 0.15) is 0 Å². The minimum Gasteiger partial charge on any atom is -0.462 e. The first kappa shape index (κ1) is 10.1. The molecule has 0 aliphatic carbocycles. The molecule has 0 aliphatic rings. The van der Waals surface area contributed by atoms with Crippen molar-refractivity contribution in [1.29, 1.82) is 0 Å². The van der Waals surface area contributed by atoms with Crippen molar-refractivity contribution in [3.05, 3.63) is 30.5 Å². The molecule has 0 atom stereocenters. The number of benzene rings is 1. The quantitative estimate of drug-likeness (QED) is 0.789.